The summed E-state index contributed by atoms with van der Waals surface area (Å²) in [6.45, 7) is 4.74. The molecule has 63 heavy (non-hydrogen) atoms. The molecule has 0 aliphatic heterocycles. The highest BCUT2D eigenvalue weighted by molar-refractivity contribution is 6.14. The fraction of sp³-hybridized carbons (Fsp3) is 0.0492. The first-order chi connectivity index (χ1) is 31.0. The van der Waals surface area contributed by atoms with Crippen molar-refractivity contribution in [2.45, 2.75) is 19.3 Å². The molecule has 1 aromatic heterocycles. The van der Waals surface area contributed by atoms with Crippen LogP contribution >= 0.6 is 0 Å². The quantitative estimate of drug-likeness (QED) is 0.156. The van der Waals surface area contributed by atoms with E-state index in [1.807, 2.05) is 0 Å². The van der Waals surface area contributed by atoms with E-state index >= 15 is 0 Å². The van der Waals surface area contributed by atoms with Crippen LogP contribution in [0.4, 0.5) is 17.1 Å². The van der Waals surface area contributed by atoms with Crippen LogP contribution in [-0.4, -0.2) is 4.57 Å². The van der Waals surface area contributed by atoms with Crippen LogP contribution in [0.15, 0.2) is 231 Å². The summed E-state index contributed by atoms with van der Waals surface area (Å²) in [5.74, 6) is 0. The van der Waals surface area contributed by atoms with Crippen molar-refractivity contribution in [3.8, 4) is 50.2 Å². The van der Waals surface area contributed by atoms with Gasteiger partial charge in [0.1, 0.15) is 0 Å². The van der Waals surface area contributed by atoms with Crippen molar-refractivity contribution in [1.29, 1.82) is 0 Å². The SMILES string of the molecule is CC1(C)c2cc(-c3ccccc3)ccc2-c2ccc(N(c3ccccc3)c3ccc(-c4ccccc4-n4c5ccccc5c5cccc(-c6ccc7ccccc7c6)c54)cc3)cc21. The van der Waals surface area contributed by atoms with Crippen molar-refractivity contribution >= 4 is 49.6 Å². The van der Waals surface area contributed by atoms with Crippen LogP contribution in [0.1, 0.15) is 25.0 Å². The highest BCUT2D eigenvalue weighted by atomic mass is 15.1. The van der Waals surface area contributed by atoms with Crippen LogP contribution in [0.5, 0.6) is 0 Å². The van der Waals surface area contributed by atoms with Crippen LogP contribution in [0.3, 0.4) is 0 Å². The first-order valence-corrected chi connectivity index (χ1v) is 21.9. The number of benzene rings is 10. The summed E-state index contributed by atoms with van der Waals surface area (Å²) < 4.78 is 2.49. The molecule has 11 aromatic rings. The lowest BCUT2D eigenvalue weighted by molar-refractivity contribution is 0.660. The van der Waals surface area contributed by atoms with Gasteiger partial charge in [-0.25, -0.2) is 0 Å². The summed E-state index contributed by atoms with van der Waals surface area (Å²) in [5.41, 5.74) is 19.4. The molecule has 2 heteroatoms. The second-order valence-electron chi connectivity index (χ2n) is 17.3. The number of aromatic nitrogens is 1. The Labute approximate surface area is 368 Å². The Morgan fingerprint density at radius 3 is 1.76 bits per heavy atom. The van der Waals surface area contributed by atoms with Gasteiger partial charge in [-0.2, -0.15) is 0 Å². The predicted octanol–water partition coefficient (Wildman–Crippen LogP) is 16.7. The molecule has 10 aromatic carbocycles. The Hall–Kier alpha value is -7.94. The number of anilines is 3. The lowest BCUT2D eigenvalue weighted by atomic mass is 9.81. The summed E-state index contributed by atoms with van der Waals surface area (Å²) in [6, 6.07) is 84.6. The highest BCUT2D eigenvalue weighted by Gasteiger charge is 2.36. The molecule has 0 N–H and O–H groups in total. The minimum Gasteiger partial charge on any atom is -0.310 e. The van der Waals surface area contributed by atoms with E-state index in [1.165, 1.54) is 82.6 Å². The zero-order valence-electron chi connectivity index (χ0n) is 35.3. The van der Waals surface area contributed by atoms with Crippen molar-refractivity contribution in [3.63, 3.8) is 0 Å². The number of hydrogen-bond acceptors (Lipinski definition) is 1. The van der Waals surface area contributed by atoms with E-state index in [0.29, 0.717) is 0 Å². The summed E-state index contributed by atoms with van der Waals surface area (Å²) in [6.07, 6.45) is 0. The Morgan fingerprint density at radius 1 is 0.349 bits per heavy atom. The van der Waals surface area contributed by atoms with Crippen molar-refractivity contribution in [1.82, 2.24) is 4.57 Å². The third-order valence-corrected chi connectivity index (χ3v) is 13.4. The molecule has 0 fully saturated rings. The Morgan fingerprint density at radius 2 is 0.937 bits per heavy atom. The van der Waals surface area contributed by atoms with Gasteiger partial charge in [0.05, 0.1) is 16.7 Å². The van der Waals surface area contributed by atoms with Gasteiger partial charge in [-0.1, -0.05) is 184 Å². The van der Waals surface area contributed by atoms with E-state index in [9.17, 15) is 0 Å². The molecule has 1 heterocycles. The molecule has 0 unspecified atom stereocenters. The number of hydrogen-bond donors (Lipinski definition) is 0. The zero-order chi connectivity index (χ0) is 42.1. The van der Waals surface area contributed by atoms with Crippen molar-refractivity contribution in [2.75, 3.05) is 4.90 Å². The Bertz CT molecular complexity index is 3520. The topological polar surface area (TPSA) is 8.17 Å². The second-order valence-corrected chi connectivity index (χ2v) is 17.3. The first kappa shape index (κ1) is 36.9. The van der Waals surface area contributed by atoms with Crippen molar-refractivity contribution in [2.24, 2.45) is 0 Å². The fourth-order valence-electron chi connectivity index (χ4n) is 10.3. The van der Waals surface area contributed by atoms with E-state index in [1.54, 1.807) is 0 Å². The Kier molecular flexibility index (Phi) is 8.55. The van der Waals surface area contributed by atoms with Crippen LogP contribution in [-0.2, 0) is 5.41 Å². The molecular weight excluding hydrogens is 761 g/mol. The van der Waals surface area contributed by atoms with Gasteiger partial charge < -0.3 is 9.47 Å². The maximum atomic E-state index is 2.49. The maximum Gasteiger partial charge on any atom is 0.0619 e. The van der Waals surface area contributed by atoms with Gasteiger partial charge in [-0.05, 0) is 116 Å². The van der Waals surface area contributed by atoms with Crippen molar-refractivity contribution in [3.05, 3.63) is 242 Å². The summed E-state index contributed by atoms with van der Waals surface area (Å²) in [4.78, 5) is 2.40. The molecule has 0 atom stereocenters. The minimum absolute atomic E-state index is 0.164. The van der Waals surface area contributed by atoms with E-state index < -0.39 is 0 Å². The van der Waals surface area contributed by atoms with E-state index in [4.69, 9.17) is 0 Å². The monoisotopic (exact) mass is 804 g/mol. The third kappa shape index (κ3) is 6.02. The molecule has 0 amide bonds. The van der Waals surface area contributed by atoms with Crippen LogP contribution in [0.25, 0.3) is 82.8 Å². The highest BCUT2D eigenvalue weighted by Crippen LogP contribution is 2.52. The number of para-hydroxylation sites is 4. The normalized spacial score (nSPS) is 12.7. The van der Waals surface area contributed by atoms with Gasteiger partial charge in [0, 0.05) is 44.4 Å². The smallest absolute Gasteiger partial charge is 0.0619 e. The number of fused-ring (bicyclic) bond motifs is 7. The standard InChI is InChI=1S/C61H44N2/c1-61(2)56-39-45(41-16-5-3-6-17-41)32-36-52(56)53-37-35-49(40-57(53)61)62(47-20-7-4-8-21-47)48-33-30-43(31-34-48)50-22-11-13-26-58(50)63-59-27-14-12-23-54(59)55-25-15-24-51(60(55)63)46-29-28-42-18-9-10-19-44(42)38-46/h3-40H,1-2H3. The number of nitrogens with zero attached hydrogens (tertiary/aromatic N) is 2. The van der Waals surface area contributed by atoms with Crippen molar-refractivity contribution < 1.29 is 0 Å². The molecule has 0 bridgehead atoms. The maximum absolute atomic E-state index is 2.49. The summed E-state index contributed by atoms with van der Waals surface area (Å²) in [7, 11) is 0. The molecule has 298 valence electrons. The van der Waals surface area contributed by atoms with E-state index in [0.717, 1.165) is 28.3 Å². The lowest BCUT2D eigenvalue weighted by Crippen LogP contribution is -2.16. The van der Waals surface area contributed by atoms with Gasteiger partial charge in [-0.3, -0.25) is 0 Å². The first-order valence-electron chi connectivity index (χ1n) is 21.9. The third-order valence-electron chi connectivity index (χ3n) is 13.4. The predicted molar refractivity (Wildman–Crippen MR) is 267 cm³/mol. The van der Waals surface area contributed by atoms with Gasteiger partial charge in [0.25, 0.3) is 0 Å². The summed E-state index contributed by atoms with van der Waals surface area (Å²) >= 11 is 0. The average molecular weight is 805 g/mol. The molecular formula is C61H44N2. The molecule has 0 saturated heterocycles. The average Bonchev–Trinajstić information content (AvgIpc) is 3.80. The van der Waals surface area contributed by atoms with E-state index in [2.05, 4.69) is 254 Å². The van der Waals surface area contributed by atoms with E-state index in [-0.39, 0.29) is 5.41 Å². The van der Waals surface area contributed by atoms with Gasteiger partial charge in [0.2, 0.25) is 0 Å². The van der Waals surface area contributed by atoms with Crippen LogP contribution in [0.2, 0.25) is 0 Å². The Balaban J connectivity index is 0.964. The lowest BCUT2D eigenvalue weighted by Gasteiger charge is -2.28. The molecule has 0 radical (unpaired) electrons. The molecule has 1 aliphatic rings. The van der Waals surface area contributed by atoms with Crippen LogP contribution < -0.4 is 4.90 Å². The van der Waals surface area contributed by atoms with Gasteiger partial charge in [-0.15, -0.1) is 0 Å². The largest absolute Gasteiger partial charge is 0.310 e. The van der Waals surface area contributed by atoms with Gasteiger partial charge >= 0.3 is 0 Å². The minimum atomic E-state index is -0.164. The fourth-order valence-corrected chi connectivity index (χ4v) is 10.3. The van der Waals surface area contributed by atoms with Crippen LogP contribution in [0, 0.1) is 0 Å². The second kappa shape index (κ2) is 14.6. The number of rotatable bonds is 7. The molecule has 0 saturated carbocycles. The molecule has 12 rings (SSSR count). The summed E-state index contributed by atoms with van der Waals surface area (Å²) in [5, 5.41) is 4.98. The van der Waals surface area contributed by atoms with Gasteiger partial charge in [0.15, 0.2) is 0 Å². The molecule has 2 nitrogen and oxygen atoms in total. The molecule has 0 spiro atoms. The zero-order valence-corrected chi connectivity index (χ0v) is 35.3. The molecule has 1 aliphatic carbocycles.